The molecule has 0 radical (unpaired) electrons. The Kier molecular flexibility index (Phi) is 2.93. The van der Waals surface area contributed by atoms with Crippen molar-refractivity contribution in [2.75, 3.05) is 5.73 Å². The van der Waals surface area contributed by atoms with Crippen molar-refractivity contribution in [1.82, 2.24) is 9.55 Å². The van der Waals surface area contributed by atoms with Gasteiger partial charge in [-0.1, -0.05) is 12.1 Å². The van der Waals surface area contributed by atoms with Gasteiger partial charge < -0.3 is 10.3 Å². The highest BCUT2D eigenvalue weighted by Gasteiger charge is 2.12. The Labute approximate surface area is 116 Å². The number of benzene rings is 2. The van der Waals surface area contributed by atoms with Crippen LogP contribution in [0, 0.1) is 12.7 Å². The average molecular weight is 269 g/mol. The Morgan fingerprint density at radius 3 is 2.75 bits per heavy atom. The second-order valence-corrected chi connectivity index (χ2v) is 5.08. The van der Waals surface area contributed by atoms with Crippen LogP contribution in [0.25, 0.3) is 11.0 Å². The fourth-order valence-electron chi connectivity index (χ4n) is 2.39. The number of imidazole rings is 1. The highest BCUT2D eigenvalue weighted by molar-refractivity contribution is 5.79. The monoisotopic (exact) mass is 269 g/mol. The Morgan fingerprint density at radius 1 is 1.20 bits per heavy atom. The molecule has 20 heavy (non-hydrogen) atoms. The second-order valence-electron chi connectivity index (χ2n) is 5.08. The lowest BCUT2D eigenvalue weighted by atomic mass is 10.1. The zero-order valence-corrected chi connectivity index (χ0v) is 11.5. The van der Waals surface area contributed by atoms with Crippen molar-refractivity contribution in [2.45, 2.75) is 19.9 Å². The minimum Gasteiger partial charge on any atom is -0.399 e. The fourth-order valence-corrected chi connectivity index (χ4v) is 2.39. The van der Waals surface area contributed by atoms with Crippen LogP contribution in [0.2, 0.25) is 0 Å². The predicted molar refractivity (Wildman–Crippen MR) is 79.1 cm³/mol. The first kappa shape index (κ1) is 12.7. The van der Waals surface area contributed by atoms with Gasteiger partial charge in [0.1, 0.15) is 5.82 Å². The molecule has 3 nitrogen and oxygen atoms in total. The third-order valence-corrected chi connectivity index (χ3v) is 3.69. The summed E-state index contributed by atoms with van der Waals surface area (Å²) in [7, 11) is 0. The van der Waals surface area contributed by atoms with E-state index in [1.807, 2.05) is 35.8 Å². The van der Waals surface area contributed by atoms with Gasteiger partial charge in [-0.15, -0.1) is 0 Å². The molecule has 0 fully saturated rings. The molecule has 0 aliphatic rings. The Hall–Kier alpha value is -2.36. The topological polar surface area (TPSA) is 43.8 Å². The van der Waals surface area contributed by atoms with E-state index >= 15 is 0 Å². The van der Waals surface area contributed by atoms with E-state index in [4.69, 9.17) is 5.73 Å². The summed E-state index contributed by atoms with van der Waals surface area (Å²) in [5, 5.41) is 0. The molecule has 4 heteroatoms. The summed E-state index contributed by atoms with van der Waals surface area (Å²) < 4.78 is 15.7. The van der Waals surface area contributed by atoms with E-state index in [0.717, 1.165) is 16.6 Å². The standard InChI is InChI=1S/C16H16FN3/c1-10-3-4-12(7-14(10)17)11(2)20-9-19-15-8-13(18)5-6-16(15)20/h3-9,11H,18H2,1-2H3. The molecule has 0 aliphatic heterocycles. The molecule has 3 rings (SSSR count). The first-order valence-corrected chi connectivity index (χ1v) is 6.54. The molecule has 2 N–H and O–H groups in total. The highest BCUT2D eigenvalue weighted by Crippen LogP contribution is 2.25. The van der Waals surface area contributed by atoms with Crippen LogP contribution >= 0.6 is 0 Å². The molecule has 102 valence electrons. The zero-order valence-electron chi connectivity index (χ0n) is 11.5. The molecule has 1 atom stereocenters. The maximum Gasteiger partial charge on any atom is 0.126 e. The molecule has 1 aromatic heterocycles. The molecule has 0 saturated carbocycles. The first-order chi connectivity index (χ1) is 9.56. The van der Waals surface area contributed by atoms with E-state index < -0.39 is 0 Å². The number of aryl methyl sites for hydroxylation is 1. The number of nitrogens with two attached hydrogens (primary N) is 1. The second kappa shape index (κ2) is 4.63. The molecule has 0 amide bonds. The summed E-state index contributed by atoms with van der Waals surface area (Å²) in [6.07, 6.45) is 1.77. The number of rotatable bonds is 2. The van der Waals surface area contributed by atoms with E-state index in [2.05, 4.69) is 4.98 Å². The number of hydrogen-bond donors (Lipinski definition) is 1. The van der Waals surface area contributed by atoms with Crippen LogP contribution in [0.1, 0.15) is 24.1 Å². The van der Waals surface area contributed by atoms with Crippen molar-refractivity contribution in [1.29, 1.82) is 0 Å². The Morgan fingerprint density at radius 2 is 2.00 bits per heavy atom. The van der Waals surface area contributed by atoms with Gasteiger partial charge in [-0.05, 0) is 49.2 Å². The van der Waals surface area contributed by atoms with E-state index in [9.17, 15) is 4.39 Å². The van der Waals surface area contributed by atoms with Gasteiger partial charge in [0, 0.05) is 5.69 Å². The third-order valence-electron chi connectivity index (χ3n) is 3.69. The van der Waals surface area contributed by atoms with Crippen molar-refractivity contribution in [3.05, 3.63) is 59.7 Å². The van der Waals surface area contributed by atoms with Crippen LogP contribution in [-0.4, -0.2) is 9.55 Å². The van der Waals surface area contributed by atoms with Gasteiger partial charge in [0.2, 0.25) is 0 Å². The lowest BCUT2D eigenvalue weighted by Crippen LogP contribution is -2.06. The average Bonchev–Trinajstić information content (AvgIpc) is 2.84. The summed E-state index contributed by atoms with van der Waals surface area (Å²) in [5.41, 5.74) is 9.87. The van der Waals surface area contributed by atoms with Crippen LogP contribution in [0.15, 0.2) is 42.7 Å². The number of fused-ring (bicyclic) bond motifs is 1. The number of hydrogen-bond acceptors (Lipinski definition) is 2. The summed E-state index contributed by atoms with van der Waals surface area (Å²) in [5.74, 6) is -0.178. The van der Waals surface area contributed by atoms with Crippen molar-refractivity contribution in [2.24, 2.45) is 0 Å². The van der Waals surface area contributed by atoms with Crippen LogP contribution in [0.4, 0.5) is 10.1 Å². The smallest absolute Gasteiger partial charge is 0.126 e. The van der Waals surface area contributed by atoms with Crippen molar-refractivity contribution in [3.8, 4) is 0 Å². The minimum atomic E-state index is -0.178. The number of nitrogens with zero attached hydrogens (tertiary/aromatic N) is 2. The number of nitrogen functional groups attached to an aromatic ring is 1. The maximum atomic E-state index is 13.7. The van der Waals surface area contributed by atoms with Gasteiger partial charge >= 0.3 is 0 Å². The summed E-state index contributed by atoms with van der Waals surface area (Å²) in [4.78, 5) is 4.36. The van der Waals surface area contributed by atoms with Crippen LogP contribution in [0.5, 0.6) is 0 Å². The van der Waals surface area contributed by atoms with Gasteiger partial charge in [-0.2, -0.15) is 0 Å². The maximum absolute atomic E-state index is 13.7. The molecule has 0 saturated heterocycles. The van der Waals surface area contributed by atoms with E-state index in [0.29, 0.717) is 11.3 Å². The van der Waals surface area contributed by atoms with E-state index in [1.54, 1.807) is 25.4 Å². The highest BCUT2D eigenvalue weighted by atomic mass is 19.1. The normalized spacial score (nSPS) is 12.8. The van der Waals surface area contributed by atoms with E-state index in [1.165, 1.54) is 0 Å². The van der Waals surface area contributed by atoms with Gasteiger partial charge in [-0.3, -0.25) is 0 Å². The first-order valence-electron chi connectivity index (χ1n) is 6.54. The van der Waals surface area contributed by atoms with Crippen molar-refractivity contribution < 1.29 is 4.39 Å². The van der Waals surface area contributed by atoms with Crippen LogP contribution in [-0.2, 0) is 0 Å². The van der Waals surface area contributed by atoms with Gasteiger partial charge in [-0.25, -0.2) is 9.37 Å². The number of anilines is 1. The summed E-state index contributed by atoms with van der Waals surface area (Å²) >= 11 is 0. The van der Waals surface area contributed by atoms with Crippen LogP contribution < -0.4 is 5.73 Å². The van der Waals surface area contributed by atoms with Gasteiger partial charge in [0.25, 0.3) is 0 Å². The zero-order chi connectivity index (χ0) is 14.3. The van der Waals surface area contributed by atoms with Crippen molar-refractivity contribution in [3.63, 3.8) is 0 Å². The molecular formula is C16H16FN3. The lowest BCUT2D eigenvalue weighted by Gasteiger charge is -2.15. The molecular weight excluding hydrogens is 253 g/mol. The largest absolute Gasteiger partial charge is 0.399 e. The summed E-state index contributed by atoms with van der Waals surface area (Å²) in [6.45, 7) is 3.79. The quantitative estimate of drug-likeness (QED) is 0.721. The Bertz CT molecular complexity index is 776. The van der Waals surface area contributed by atoms with Gasteiger partial charge in [0.15, 0.2) is 0 Å². The number of halogens is 1. The minimum absolute atomic E-state index is 0.0127. The fraction of sp³-hybridized carbons (Fsp3) is 0.188. The summed E-state index contributed by atoms with van der Waals surface area (Å²) in [6, 6.07) is 11.0. The molecule has 0 bridgehead atoms. The molecule has 1 heterocycles. The van der Waals surface area contributed by atoms with Gasteiger partial charge in [0.05, 0.1) is 23.4 Å². The lowest BCUT2D eigenvalue weighted by molar-refractivity contribution is 0.602. The van der Waals surface area contributed by atoms with Crippen molar-refractivity contribution >= 4 is 16.7 Å². The molecule has 3 aromatic rings. The molecule has 0 spiro atoms. The van der Waals surface area contributed by atoms with Crippen LogP contribution in [0.3, 0.4) is 0 Å². The predicted octanol–water partition coefficient (Wildman–Crippen LogP) is 3.68. The Balaban J connectivity index is 2.07. The van der Waals surface area contributed by atoms with E-state index in [-0.39, 0.29) is 11.9 Å². The number of aromatic nitrogens is 2. The molecule has 2 aromatic carbocycles. The molecule has 0 aliphatic carbocycles. The molecule has 1 unspecified atom stereocenters. The third kappa shape index (κ3) is 2.03. The SMILES string of the molecule is Cc1ccc(C(C)n2cnc3cc(N)ccc32)cc1F.